The molecule has 0 aliphatic heterocycles. The lowest BCUT2D eigenvalue weighted by Crippen LogP contribution is -2.39. The number of thiophene rings is 1. The Hall–Kier alpha value is -2.05. The third-order valence-electron chi connectivity index (χ3n) is 3.87. The largest absolute Gasteiger partial charge is 0.497 e. The molecule has 0 spiro atoms. The molecule has 0 amide bonds. The highest BCUT2D eigenvalue weighted by Crippen LogP contribution is 2.23. The maximum Gasteiger partial charge on any atom is 0.191 e. The fourth-order valence-electron chi connectivity index (χ4n) is 2.39. The van der Waals surface area contributed by atoms with Gasteiger partial charge < -0.3 is 20.5 Å². The Kier molecular flexibility index (Phi) is 7.28. The van der Waals surface area contributed by atoms with Crippen molar-refractivity contribution in [3.8, 4) is 5.75 Å². The van der Waals surface area contributed by atoms with Crippen LogP contribution in [0.4, 0.5) is 0 Å². The molecule has 25 heavy (non-hydrogen) atoms. The first-order chi connectivity index (χ1) is 12.0. The summed E-state index contributed by atoms with van der Waals surface area (Å²) in [4.78, 5) is 4.53. The van der Waals surface area contributed by atoms with E-state index in [1.54, 1.807) is 25.4 Å². The second-order valence-corrected chi connectivity index (χ2v) is 6.79. The van der Waals surface area contributed by atoms with Crippen molar-refractivity contribution >= 4 is 17.3 Å². The van der Waals surface area contributed by atoms with E-state index in [1.165, 1.54) is 5.56 Å². The smallest absolute Gasteiger partial charge is 0.191 e. The van der Waals surface area contributed by atoms with Gasteiger partial charge in [-0.25, -0.2) is 4.99 Å². The number of nitrogens with one attached hydrogen (secondary N) is 2. The molecule has 0 aliphatic carbocycles. The standard InChI is InChI=1S/C19H27N3O2S/c1-4-20-18(22-14-19(2,23)16-9-11-25-13-16)21-10-8-15-6-5-7-17(12-15)24-3/h5-7,9,11-13,23H,4,8,10,14H2,1-3H3,(H2,20,21,22). The predicted molar refractivity (Wildman–Crippen MR) is 105 cm³/mol. The molecular formula is C19H27N3O2S. The van der Waals surface area contributed by atoms with Crippen LogP contribution in [0.3, 0.4) is 0 Å². The quantitative estimate of drug-likeness (QED) is 0.500. The monoisotopic (exact) mass is 361 g/mol. The van der Waals surface area contributed by atoms with E-state index in [0.717, 1.165) is 30.8 Å². The first-order valence-electron chi connectivity index (χ1n) is 8.45. The first-order valence-corrected chi connectivity index (χ1v) is 9.39. The van der Waals surface area contributed by atoms with Gasteiger partial charge in [-0.1, -0.05) is 12.1 Å². The normalized spacial score (nSPS) is 14.0. The zero-order chi connectivity index (χ0) is 18.1. The average Bonchev–Trinajstić information content (AvgIpc) is 3.15. The number of aliphatic hydroxyl groups is 1. The summed E-state index contributed by atoms with van der Waals surface area (Å²) in [6.07, 6.45) is 0.864. The molecule has 2 rings (SSSR count). The lowest BCUT2D eigenvalue weighted by molar-refractivity contribution is 0.0677. The summed E-state index contributed by atoms with van der Waals surface area (Å²) < 4.78 is 5.25. The molecule has 0 radical (unpaired) electrons. The molecule has 1 unspecified atom stereocenters. The maximum atomic E-state index is 10.6. The molecular weight excluding hydrogens is 334 g/mol. The second kappa shape index (κ2) is 9.44. The molecule has 2 aromatic rings. The Morgan fingerprint density at radius 2 is 2.16 bits per heavy atom. The minimum Gasteiger partial charge on any atom is -0.497 e. The Morgan fingerprint density at radius 1 is 1.32 bits per heavy atom. The Labute approximate surface area is 153 Å². The van der Waals surface area contributed by atoms with Crippen LogP contribution in [0.2, 0.25) is 0 Å². The second-order valence-electron chi connectivity index (χ2n) is 6.01. The van der Waals surface area contributed by atoms with Gasteiger partial charge in [0.25, 0.3) is 0 Å². The van der Waals surface area contributed by atoms with Crippen LogP contribution in [-0.2, 0) is 12.0 Å². The third kappa shape index (κ3) is 6.07. The lowest BCUT2D eigenvalue weighted by Gasteiger charge is -2.21. The highest BCUT2D eigenvalue weighted by atomic mass is 32.1. The zero-order valence-corrected chi connectivity index (χ0v) is 15.9. The van der Waals surface area contributed by atoms with Gasteiger partial charge in [0.1, 0.15) is 11.4 Å². The first kappa shape index (κ1) is 19.3. The fourth-order valence-corrected chi connectivity index (χ4v) is 3.17. The van der Waals surface area contributed by atoms with Gasteiger partial charge in [-0.3, -0.25) is 0 Å². The molecule has 6 heteroatoms. The van der Waals surface area contributed by atoms with Gasteiger partial charge in [0, 0.05) is 13.1 Å². The fraction of sp³-hybridized carbons (Fsp3) is 0.421. The summed E-state index contributed by atoms with van der Waals surface area (Å²) in [5.74, 6) is 1.57. The number of ether oxygens (including phenoxy) is 1. The Balaban J connectivity index is 1.91. The van der Waals surface area contributed by atoms with E-state index in [2.05, 4.69) is 21.7 Å². The van der Waals surface area contributed by atoms with Crippen LogP contribution in [0.25, 0.3) is 0 Å². The SMILES string of the molecule is CCNC(=NCC(C)(O)c1ccsc1)NCCc1cccc(OC)c1. The maximum absolute atomic E-state index is 10.6. The molecule has 0 bridgehead atoms. The van der Waals surface area contributed by atoms with E-state index in [-0.39, 0.29) is 0 Å². The molecule has 3 N–H and O–H groups in total. The average molecular weight is 362 g/mol. The number of aliphatic imine (C=N–C) groups is 1. The van der Waals surface area contributed by atoms with Gasteiger partial charge in [0.05, 0.1) is 13.7 Å². The Bertz CT molecular complexity index is 669. The molecule has 0 saturated carbocycles. The molecule has 0 fully saturated rings. The number of hydrogen-bond acceptors (Lipinski definition) is 4. The van der Waals surface area contributed by atoms with Crippen molar-refractivity contribution in [1.82, 2.24) is 10.6 Å². The molecule has 136 valence electrons. The van der Waals surface area contributed by atoms with Crippen LogP contribution >= 0.6 is 11.3 Å². The lowest BCUT2D eigenvalue weighted by atomic mass is 10.00. The van der Waals surface area contributed by atoms with Crippen molar-refractivity contribution in [2.24, 2.45) is 4.99 Å². The number of nitrogens with zero attached hydrogens (tertiary/aromatic N) is 1. The van der Waals surface area contributed by atoms with Crippen LogP contribution in [0, 0.1) is 0 Å². The van der Waals surface area contributed by atoms with Crippen molar-refractivity contribution in [2.75, 3.05) is 26.7 Å². The number of hydrogen-bond donors (Lipinski definition) is 3. The zero-order valence-electron chi connectivity index (χ0n) is 15.1. The third-order valence-corrected chi connectivity index (χ3v) is 4.56. The highest BCUT2D eigenvalue weighted by Gasteiger charge is 2.23. The van der Waals surface area contributed by atoms with Gasteiger partial charge in [0.15, 0.2) is 5.96 Å². The minimum absolute atomic E-state index is 0.304. The molecule has 0 saturated heterocycles. The van der Waals surface area contributed by atoms with E-state index >= 15 is 0 Å². The van der Waals surface area contributed by atoms with Gasteiger partial charge in [-0.2, -0.15) is 11.3 Å². The topological polar surface area (TPSA) is 65.9 Å². The van der Waals surface area contributed by atoms with E-state index in [4.69, 9.17) is 4.74 Å². The van der Waals surface area contributed by atoms with Gasteiger partial charge in [-0.15, -0.1) is 0 Å². The number of methoxy groups -OCH3 is 1. The van der Waals surface area contributed by atoms with Crippen molar-refractivity contribution in [3.05, 3.63) is 52.2 Å². The minimum atomic E-state index is -0.963. The molecule has 0 aliphatic rings. The van der Waals surface area contributed by atoms with Crippen molar-refractivity contribution in [1.29, 1.82) is 0 Å². The van der Waals surface area contributed by atoms with Crippen molar-refractivity contribution in [2.45, 2.75) is 25.9 Å². The van der Waals surface area contributed by atoms with Gasteiger partial charge in [0.2, 0.25) is 0 Å². The predicted octanol–water partition coefficient (Wildman–Crippen LogP) is 2.76. The summed E-state index contributed by atoms with van der Waals surface area (Å²) in [6, 6.07) is 9.98. The van der Waals surface area contributed by atoms with Crippen LogP contribution in [0.1, 0.15) is 25.0 Å². The molecule has 5 nitrogen and oxygen atoms in total. The summed E-state index contributed by atoms with van der Waals surface area (Å²) in [7, 11) is 1.67. The van der Waals surface area contributed by atoms with E-state index in [0.29, 0.717) is 12.5 Å². The van der Waals surface area contributed by atoms with Crippen LogP contribution in [0.5, 0.6) is 5.75 Å². The number of rotatable bonds is 8. The number of benzene rings is 1. The Morgan fingerprint density at radius 3 is 2.84 bits per heavy atom. The number of guanidine groups is 1. The van der Waals surface area contributed by atoms with Crippen molar-refractivity contribution < 1.29 is 9.84 Å². The van der Waals surface area contributed by atoms with Crippen LogP contribution in [0.15, 0.2) is 46.1 Å². The van der Waals surface area contributed by atoms with Crippen LogP contribution < -0.4 is 15.4 Å². The van der Waals surface area contributed by atoms with E-state index in [1.807, 2.05) is 41.9 Å². The van der Waals surface area contributed by atoms with Crippen molar-refractivity contribution in [3.63, 3.8) is 0 Å². The summed E-state index contributed by atoms with van der Waals surface area (Å²) in [6.45, 7) is 5.64. The van der Waals surface area contributed by atoms with Gasteiger partial charge in [-0.05, 0) is 60.4 Å². The molecule has 1 aromatic heterocycles. The van der Waals surface area contributed by atoms with E-state index < -0.39 is 5.60 Å². The highest BCUT2D eigenvalue weighted by molar-refractivity contribution is 7.08. The van der Waals surface area contributed by atoms with E-state index in [9.17, 15) is 5.11 Å². The summed E-state index contributed by atoms with van der Waals surface area (Å²) in [5.41, 5.74) is 1.14. The molecule has 1 heterocycles. The molecule has 1 atom stereocenters. The molecule has 1 aromatic carbocycles. The van der Waals surface area contributed by atoms with Gasteiger partial charge >= 0.3 is 0 Å². The summed E-state index contributed by atoms with van der Waals surface area (Å²) >= 11 is 1.58. The van der Waals surface area contributed by atoms with Crippen LogP contribution in [-0.4, -0.2) is 37.8 Å². The summed E-state index contributed by atoms with van der Waals surface area (Å²) in [5, 5.41) is 21.0.